The first kappa shape index (κ1) is 8.23. The van der Waals surface area contributed by atoms with Crippen LogP contribution in [0.4, 0.5) is 0 Å². The first-order valence-corrected chi connectivity index (χ1v) is 3.54. The van der Waals surface area contributed by atoms with E-state index in [9.17, 15) is 4.79 Å². The number of hydrogen-bond acceptors (Lipinski definition) is 3. The highest BCUT2D eigenvalue weighted by Crippen LogP contribution is 2.10. The first-order valence-electron chi connectivity index (χ1n) is 3.54. The number of amides is 1. The Balaban J connectivity index is 2.29. The fourth-order valence-corrected chi connectivity index (χ4v) is 1.02. The van der Waals surface area contributed by atoms with Crippen LogP contribution < -0.4 is 5.84 Å². The Morgan fingerprint density at radius 3 is 2.73 bits per heavy atom. The van der Waals surface area contributed by atoms with Crippen LogP contribution in [-0.2, 0) is 4.79 Å². The van der Waals surface area contributed by atoms with Crippen molar-refractivity contribution in [3.8, 4) is 0 Å². The number of likely N-dealkylation sites (N-methyl/N-ethyl adjacent to an activating group) is 1. The third kappa shape index (κ3) is 1.58. The number of carbonyl (C=O) groups excluding carboxylic acids is 1. The zero-order chi connectivity index (χ0) is 8.43. The molecule has 0 atom stereocenters. The molecule has 4 heteroatoms. The molecule has 0 bridgehead atoms. The van der Waals surface area contributed by atoms with Crippen LogP contribution in [0.15, 0.2) is 12.7 Å². The summed E-state index contributed by atoms with van der Waals surface area (Å²) >= 11 is 0. The van der Waals surface area contributed by atoms with Crippen molar-refractivity contribution in [2.24, 2.45) is 5.84 Å². The molecule has 1 aliphatic rings. The Labute approximate surface area is 66.2 Å². The lowest BCUT2D eigenvalue weighted by molar-refractivity contribution is -0.132. The molecule has 0 aromatic rings. The molecule has 1 amide bonds. The Morgan fingerprint density at radius 1 is 1.82 bits per heavy atom. The monoisotopic (exact) mass is 155 g/mol. The third-order valence-corrected chi connectivity index (χ3v) is 1.92. The molecule has 0 saturated carbocycles. The van der Waals surface area contributed by atoms with E-state index in [1.165, 1.54) is 6.08 Å². The van der Waals surface area contributed by atoms with Crippen LogP contribution in [-0.4, -0.2) is 42.0 Å². The van der Waals surface area contributed by atoms with Crippen molar-refractivity contribution in [2.45, 2.75) is 6.04 Å². The normalized spacial score (nSPS) is 18.3. The molecular weight excluding hydrogens is 142 g/mol. The smallest absolute Gasteiger partial charge is 0.246 e. The fraction of sp³-hybridized carbons (Fsp3) is 0.571. The summed E-state index contributed by atoms with van der Waals surface area (Å²) < 4.78 is 0. The summed E-state index contributed by atoms with van der Waals surface area (Å²) in [4.78, 5) is 12.6. The van der Waals surface area contributed by atoms with Crippen molar-refractivity contribution in [2.75, 3.05) is 20.1 Å². The van der Waals surface area contributed by atoms with Gasteiger partial charge in [0.1, 0.15) is 0 Å². The van der Waals surface area contributed by atoms with Gasteiger partial charge in [0.2, 0.25) is 5.91 Å². The topological polar surface area (TPSA) is 49.6 Å². The van der Waals surface area contributed by atoms with Crippen molar-refractivity contribution >= 4 is 5.91 Å². The Hall–Kier alpha value is -0.870. The van der Waals surface area contributed by atoms with Gasteiger partial charge < -0.3 is 4.90 Å². The largest absolute Gasteiger partial charge is 0.336 e. The van der Waals surface area contributed by atoms with Crippen LogP contribution >= 0.6 is 0 Å². The molecule has 4 nitrogen and oxygen atoms in total. The number of nitrogens with two attached hydrogens (primary N) is 1. The lowest BCUT2D eigenvalue weighted by Crippen LogP contribution is -2.61. The third-order valence-electron chi connectivity index (χ3n) is 1.92. The van der Waals surface area contributed by atoms with Crippen LogP contribution in [0.5, 0.6) is 0 Å². The van der Waals surface area contributed by atoms with Crippen LogP contribution in [0.25, 0.3) is 0 Å². The molecule has 0 spiro atoms. The van der Waals surface area contributed by atoms with Crippen LogP contribution in [0.2, 0.25) is 0 Å². The summed E-state index contributed by atoms with van der Waals surface area (Å²) in [6.45, 7) is 4.84. The highest BCUT2D eigenvalue weighted by atomic mass is 16.2. The molecule has 0 aliphatic carbocycles. The maximum Gasteiger partial charge on any atom is 0.246 e. The van der Waals surface area contributed by atoms with E-state index in [4.69, 9.17) is 5.84 Å². The van der Waals surface area contributed by atoms with Crippen molar-refractivity contribution in [1.29, 1.82) is 0 Å². The van der Waals surface area contributed by atoms with Crippen LogP contribution in [0.1, 0.15) is 0 Å². The maximum atomic E-state index is 10.9. The number of hydrogen-bond donors (Lipinski definition) is 1. The highest BCUT2D eigenvalue weighted by molar-refractivity contribution is 5.87. The molecule has 0 radical (unpaired) electrons. The molecule has 0 aromatic carbocycles. The van der Waals surface area contributed by atoms with Gasteiger partial charge in [0, 0.05) is 20.1 Å². The number of carbonyl (C=O) groups is 1. The molecule has 0 unspecified atom stereocenters. The summed E-state index contributed by atoms with van der Waals surface area (Å²) in [5.74, 6) is 5.46. The van der Waals surface area contributed by atoms with Gasteiger partial charge in [-0.05, 0) is 6.08 Å². The summed E-state index contributed by atoms with van der Waals surface area (Å²) in [5, 5.41) is 1.63. The van der Waals surface area contributed by atoms with Crippen LogP contribution in [0, 0.1) is 0 Å². The number of nitrogens with zero attached hydrogens (tertiary/aromatic N) is 2. The van der Waals surface area contributed by atoms with Crippen molar-refractivity contribution in [3.63, 3.8) is 0 Å². The van der Waals surface area contributed by atoms with Gasteiger partial charge in [-0.3, -0.25) is 10.6 Å². The first-order chi connectivity index (χ1) is 5.15. The van der Waals surface area contributed by atoms with E-state index in [0.717, 1.165) is 13.1 Å². The van der Waals surface area contributed by atoms with E-state index in [2.05, 4.69) is 6.58 Å². The predicted molar refractivity (Wildman–Crippen MR) is 42.5 cm³/mol. The molecule has 62 valence electrons. The molecule has 1 heterocycles. The van der Waals surface area contributed by atoms with E-state index in [1.54, 1.807) is 17.0 Å². The molecular formula is C7H13N3O. The second kappa shape index (κ2) is 3.02. The standard InChI is InChI=1S/C7H13N3O/c1-3-7(11)10-4-6(5-10)9(2)8/h3,6H,1,4-5,8H2,2H3. The zero-order valence-corrected chi connectivity index (χ0v) is 6.66. The molecule has 2 N–H and O–H groups in total. The number of rotatable bonds is 2. The molecule has 1 fully saturated rings. The Bertz CT molecular complexity index is 173. The second-order valence-corrected chi connectivity index (χ2v) is 2.77. The van der Waals surface area contributed by atoms with Crippen molar-refractivity contribution in [1.82, 2.24) is 9.91 Å². The lowest BCUT2D eigenvalue weighted by Gasteiger charge is -2.41. The van der Waals surface area contributed by atoms with Gasteiger partial charge in [-0.2, -0.15) is 0 Å². The molecule has 1 aliphatic heterocycles. The molecule has 11 heavy (non-hydrogen) atoms. The van der Waals surface area contributed by atoms with E-state index >= 15 is 0 Å². The van der Waals surface area contributed by atoms with E-state index in [0.29, 0.717) is 6.04 Å². The highest BCUT2D eigenvalue weighted by Gasteiger charge is 2.30. The molecule has 0 aromatic heterocycles. The number of hydrazine groups is 1. The van der Waals surface area contributed by atoms with Crippen molar-refractivity contribution < 1.29 is 4.79 Å². The lowest BCUT2D eigenvalue weighted by atomic mass is 10.1. The van der Waals surface area contributed by atoms with E-state index in [1.807, 2.05) is 0 Å². The minimum Gasteiger partial charge on any atom is -0.336 e. The summed E-state index contributed by atoms with van der Waals surface area (Å²) in [6.07, 6.45) is 1.33. The summed E-state index contributed by atoms with van der Waals surface area (Å²) in [7, 11) is 1.81. The van der Waals surface area contributed by atoms with Crippen molar-refractivity contribution in [3.05, 3.63) is 12.7 Å². The molecule has 1 rings (SSSR count). The van der Waals surface area contributed by atoms with Gasteiger partial charge in [0.15, 0.2) is 0 Å². The average Bonchev–Trinajstić information content (AvgIpc) is 1.83. The Morgan fingerprint density at radius 2 is 2.36 bits per heavy atom. The minimum atomic E-state index is -0.0110. The predicted octanol–water partition coefficient (Wildman–Crippen LogP) is -0.811. The SMILES string of the molecule is C=CC(=O)N1CC(N(C)N)C1. The van der Waals surface area contributed by atoms with Gasteiger partial charge in [-0.25, -0.2) is 5.01 Å². The van der Waals surface area contributed by atoms with Gasteiger partial charge in [-0.15, -0.1) is 0 Å². The fourth-order valence-electron chi connectivity index (χ4n) is 1.02. The van der Waals surface area contributed by atoms with Gasteiger partial charge in [-0.1, -0.05) is 6.58 Å². The van der Waals surface area contributed by atoms with E-state index < -0.39 is 0 Å². The van der Waals surface area contributed by atoms with E-state index in [-0.39, 0.29) is 5.91 Å². The zero-order valence-electron chi connectivity index (χ0n) is 6.66. The van der Waals surface area contributed by atoms with Gasteiger partial charge in [0.05, 0.1) is 6.04 Å². The summed E-state index contributed by atoms with van der Waals surface area (Å²) in [6, 6.07) is 0.318. The molecule has 1 saturated heterocycles. The van der Waals surface area contributed by atoms with Gasteiger partial charge in [0.25, 0.3) is 0 Å². The van der Waals surface area contributed by atoms with Gasteiger partial charge >= 0.3 is 0 Å². The Kier molecular flexibility index (Phi) is 2.26. The maximum absolute atomic E-state index is 10.9. The summed E-state index contributed by atoms with van der Waals surface area (Å²) in [5.41, 5.74) is 0. The second-order valence-electron chi connectivity index (χ2n) is 2.77. The quantitative estimate of drug-likeness (QED) is 0.322. The van der Waals surface area contributed by atoms with Crippen LogP contribution in [0.3, 0.4) is 0 Å². The number of likely N-dealkylation sites (tertiary alicyclic amines) is 1. The average molecular weight is 155 g/mol. The minimum absolute atomic E-state index is 0.0110.